The Morgan fingerprint density at radius 3 is 2.50 bits per heavy atom. The molecule has 1 aliphatic heterocycles. The van der Waals surface area contributed by atoms with Crippen molar-refractivity contribution < 1.29 is 18.5 Å². The smallest absolute Gasteiger partial charge is 0.304 e. The van der Waals surface area contributed by atoms with Crippen molar-refractivity contribution in [2.75, 3.05) is 4.90 Å². The summed E-state index contributed by atoms with van der Waals surface area (Å²) in [5.41, 5.74) is -1.02. The predicted octanol–water partition coefficient (Wildman–Crippen LogP) is 2.44. The molecule has 0 atom stereocenters. The van der Waals surface area contributed by atoms with Gasteiger partial charge in [-0.15, -0.1) is 0 Å². The Morgan fingerprint density at radius 2 is 2.00 bits per heavy atom. The van der Waals surface area contributed by atoms with Crippen LogP contribution in [0.2, 0.25) is 0 Å². The van der Waals surface area contributed by atoms with E-state index in [0.717, 1.165) is 17.0 Å². The lowest BCUT2D eigenvalue weighted by Gasteiger charge is -2.21. The Labute approximate surface area is 101 Å². The molecule has 96 valence electrons. The zero-order valence-electron chi connectivity index (χ0n) is 9.68. The van der Waals surface area contributed by atoms with Gasteiger partial charge in [-0.05, 0) is 19.9 Å². The van der Waals surface area contributed by atoms with E-state index in [9.17, 15) is 23.7 Å². The number of halogens is 2. The van der Waals surface area contributed by atoms with Crippen LogP contribution in [0.5, 0.6) is 0 Å². The number of rotatable bonds is 2. The second kappa shape index (κ2) is 3.72. The molecule has 0 spiro atoms. The number of nitrogens with zero attached hydrogens (tertiary/aromatic N) is 2. The average Bonchev–Trinajstić information content (AvgIpc) is 2.47. The lowest BCUT2D eigenvalue weighted by atomic mass is 10.1. The van der Waals surface area contributed by atoms with Crippen molar-refractivity contribution in [3.05, 3.63) is 33.9 Å². The van der Waals surface area contributed by atoms with Gasteiger partial charge in [-0.2, -0.15) is 8.78 Å². The molecule has 1 aliphatic rings. The Balaban J connectivity index is 2.64. The topological polar surface area (TPSA) is 63.5 Å². The largest absolute Gasteiger partial charge is 0.352 e. The number of alkyl halides is 2. The van der Waals surface area contributed by atoms with Crippen molar-refractivity contribution in [1.29, 1.82) is 0 Å². The number of non-ortho nitro benzene ring substituents is 1. The third kappa shape index (κ3) is 1.54. The average molecular weight is 256 g/mol. The molecule has 1 aromatic rings. The summed E-state index contributed by atoms with van der Waals surface area (Å²) in [5.74, 6) is -5.04. The molecular weight excluding hydrogens is 246 g/mol. The lowest BCUT2D eigenvalue weighted by Crippen LogP contribution is -2.39. The summed E-state index contributed by atoms with van der Waals surface area (Å²) in [6, 6.07) is 2.62. The number of nitro benzene ring substituents is 1. The Kier molecular flexibility index (Phi) is 2.57. The SMILES string of the molecule is CC(C)N1C(=O)C(F)(F)c2cc([N+](=O)[O-])ccc21. The van der Waals surface area contributed by atoms with Crippen LogP contribution in [-0.4, -0.2) is 16.9 Å². The Morgan fingerprint density at radius 1 is 1.39 bits per heavy atom. The molecule has 0 N–H and O–H groups in total. The van der Waals surface area contributed by atoms with Crippen LogP contribution in [0, 0.1) is 10.1 Å². The van der Waals surface area contributed by atoms with Gasteiger partial charge < -0.3 is 4.90 Å². The van der Waals surface area contributed by atoms with Crippen LogP contribution in [0.3, 0.4) is 0 Å². The number of hydrogen-bond donors (Lipinski definition) is 0. The maximum absolute atomic E-state index is 13.8. The zero-order valence-corrected chi connectivity index (χ0v) is 9.68. The van der Waals surface area contributed by atoms with E-state index in [-0.39, 0.29) is 5.69 Å². The highest BCUT2D eigenvalue weighted by Crippen LogP contribution is 2.46. The van der Waals surface area contributed by atoms with Gasteiger partial charge in [0.1, 0.15) is 0 Å². The van der Waals surface area contributed by atoms with Crippen molar-refractivity contribution in [2.24, 2.45) is 0 Å². The minimum atomic E-state index is -3.70. The van der Waals surface area contributed by atoms with Crippen molar-refractivity contribution in [1.82, 2.24) is 0 Å². The minimum Gasteiger partial charge on any atom is -0.304 e. The number of benzene rings is 1. The Bertz CT molecular complexity index is 543. The molecule has 5 nitrogen and oxygen atoms in total. The molecular formula is C11H10F2N2O3. The molecule has 0 aliphatic carbocycles. The van der Waals surface area contributed by atoms with Gasteiger partial charge in [0.25, 0.3) is 5.69 Å². The quantitative estimate of drug-likeness (QED) is 0.603. The molecule has 0 unspecified atom stereocenters. The molecule has 7 heteroatoms. The highest BCUT2D eigenvalue weighted by Gasteiger charge is 2.54. The zero-order chi connectivity index (χ0) is 13.7. The van der Waals surface area contributed by atoms with Crippen LogP contribution in [-0.2, 0) is 10.7 Å². The summed E-state index contributed by atoms with van der Waals surface area (Å²) < 4.78 is 27.5. The van der Waals surface area contributed by atoms with Crippen LogP contribution in [0.25, 0.3) is 0 Å². The molecule has 0 bridgehead atoms. The number of hydrogen-bond acceptors (Lipinski definition) is 3. The molecule has 1 amide bonds. The fourth-order valence-electron chi connectivity index (χ4n) is 1.99. The number of anilines is 1. The fraction of sp³-hybridized carbons (Fsp3) is 0.364. The standard InChI is InChI=1S/C11H10F2N2O3/c1-6(2)14-9-4-3-7(15(17)18)5-8(9)11(12,13)10(14)16/h3-6H,1-2H3. The second-order valence-corrected chi connectivity index (χ2v) is 4.30. The summed E-state index contributed by atoms with van der Waals surface area (Å²) in [4.78, 5) is 22.4. The van der Waals surface area contributed by atoms with Crippen molar-refractivity contribution in [2.45, 2.75) is 25.8 Å². The van der Waals surface area contributed by atoms with Crippen LogP contribution in [0.4, 0.5) is 20.2 Å². The monoisotopic (exact) mass is 256 g/mol. The van der Waals surface area contributed by atoms with Gasteiger partial charge in [0, 0.05) is 18.2 Å². The van der Waals surface area contributed by atoms with Crippen LogP contribution in [0.15, 0.2) is 18.2 Å². The van der Waals surface area contributed by atoms with Gasteiger partial charge in [0.05, 0.1) is 16.2 Å². The van der Waals surface area contributed by atoms with E-state index in [0.29, 0.717) is 0 Å². The molecule has 2 rings (SSSR count). The summed E-state index contributed by atoms with van der Waals surface area (Å²) in [6.07, 6.45) is 0. The third-order valence-corrected chi connectivity index (χ3v) is 2.79. The molecule has 0 saturated carbocycles. The molecule has 18 heavy (non-hydrogen) atoms. The number of carbonyl (C=O) groups is 1. The normalized spacial score (nSPS) is 17.2. The molecule has 0 aromatic heterocycles. The Hall–Kier alpha value is -2.05. The van der Waals surface area contributed by atoms with Gasteiger partial charge >= 0.3 is 11.8 Å². The molecule has 0 saturated heterocycles. The van der Waals surface area contributed by atoms with Crippen LogP contribution < -0.4 is 4.90 Å². The van der Waals surface area contributed by atoms with Gasteiger partial charge in [0.2, 0.25) is 0 Å². The molecule has 1 aromatic carbocycles. The van der Waals surface area contributed by atoms with Gasteiger partial charge in [-0.1, -0.05) is 0 Å². The van der Waals surface area contributed by atoms with E-state index in [2.05, 4.69) is 0 Å². The van der Waals surface area contributed by atoms with Gasteiger partial charge in [0.15, 0.2) is 0 Å². The van der Waals surface area contributed by atoms with E-state index in [1.807, 2.05) is 0 Å². The molecule has 1 heterocycles. The maximum atomic E-state index is 13.8. The van der Waals surface area contributed by atoms with Crippen molar-refractivity contribution in [3.63, 3.8) is 0 Å². The fourth-order valence-corrected chi connectivity index (χ4v) is 1.99. The van der Waals surface area contributed by atoms with Crippen molar-refractivity contribution >= 4 is 17.3 Å². The first-order valence-corrected chi connectivity index (χ1v) is 5.27. The van der Waals surface area contributed by atoms with E-state index >= 15 is 0 Å². The minimum absolute atomic E-state index is 0.0330. The van der Waals surface area contributed by atoms with E-state index < -0.39 is 34.0 Å². The summed E-state index contributed by atoms with van der Waals surface area (Å²) in [6.45, 7) is 3.20. The molecule has 0 radical (unpaired) electrons. The summed E-state index contributed by atoms with van der Waals surface area (Å²) >= 11 is 0. The summed E-state index contributed by atoms with van der Waals surface area (Å²) in [5, 5.41) is 10.6. The number of fused-ring (bicyclic) bond motifs is 1. The van der Waals surface area contributed by atoms with E-state index in [1.54, 1.807) is 13.8 Å². The van der Waals surface area contributed by atoms with E-state index in [4.69, 9.17) is 0 Å². The highest BCUT2D eigenvalue weighted by atomic mass is 19.3. The number of amides is 1. The van der Waals surface area contributed by atoms with Crippen LogP contribution >= 0.6 is 0 Å². The first-order valence-electron chi connectivity index (χ1n) is 5.27. The first kappa shape index (κ1) is 12.4. The second-order valence-electron chi connectivity index (χ2n) is 4.30. The maximum Gasteiger partial charge on any atom is 0.352 e. The number of carbonyl (C=O) groups excluding carboxylic acids is 1. The predicted molar refractivity (Wildman–Crippen MR) is 59.6 cm³/mol. The van der Waals surface area contributed by atoms with Gasteiger partial charge in [-0.25, -0.2) is 0 Å². The van der Waals surface area contributed by atoms with Gasteiger partial charge in [-0.3, -0.25) is 14.9 Å². The van der Waals surface area contributed by atoms with E-state index in [1.165, 1.54) is 6.07 Å². The first-order chi connectivity index (χ1) is 8.26. The molecule has 0 fully saturated rings. The number of nitro groups is 1. The summed E-state index contributed by atoms with van der Waals surface area (Å²) in [7, 11) is 0. The van der Waals surface area contributed by atoms with Crippen LogP contribution in [0.1, 0.15) is 19.4 Å². The van der Waals surface area contributed by atoms with Crippen molar-refractivity contribution in [3.8, 4) is 0 Å². The lowest BCUT2D eigenvalue weighted by molar-refractivity contribution is -0.385. The highest BCUT2D eigenvalue weighted by molar-refractivity contribution is 6.06. The third-order valence-electron chi connectivity index (χ3n) is 2.79.